The first-order valence-corrected chi connectivity index (χ1v) is 11.2. The van der Waals surface area contributed by atoms with Crippen molar-refractivity contribution < 1.29 is 24.2 Å². The predicted molar refractivity (Wildman–Crippen MR) is 129 cm³/mol. The minimum atomic E-state index is -1.19. The highest BCUT2D eigenvalue weighted by molar-refractivity contribution is 5.89. The predicted octanol–water partition coefficient (Wildman–Crippen LogP) is 3.01. The van der Waals surface area contributed by atoms with Crippen molar-refractivity contribution in [2.45, 2.75) is 30.8 Å². The number of alkyl carbamates (subject to hydrolysis) is 1. The van der Waals surface area contributed by atoms with E-state index in [1.807, 2.05) is 48.5 Å². The van der Waals surface area contributed by atoms with Gasteiger partial charge in [0.15, 0.2) is 0 Å². The Hall–Kier alpha value is -4.40. The van der Waals surface area contributed by atoms with Crippen molar-refractivity contribution in [1.29, 1.82) is 0 Å². The molecular weight excluding hydrogens is 448 g/mol. The fraction of sp³-hybridized carbons (Fsp3) is 0.231. The average molecular weight is 475 g/mol. The van der Waals surface area contributed by atoms with Crippen molar-refractivity contribution in [2.24, 2.45) is 0 Å². The minimum Gasteiger partial charge on any atom is -0.480 e. The number of imidazole rings is 1. The summed E-state index contributed by atoms with van der Waals surface area (Å²) < 4.78 is 5.55. The molecule has 4 rings (SSSR count). The number of amides is 2. The number of aliphatic carboxylic acids is 1. The van der Waals surface area contributed by atoms with Gasteiger partial charge in [0.25, 0.3) is 0 Å². The van der Waals surface area contributed by atoms with Crippen LogP contribution < -0.4 is 10.6 Å². The molecule has 1 aliphatic rings. The molecule has 0 fully saturated rings. The molecule has 1 heterocycles. The molecular formula is C26H26N4O5. The van der Waals surface area contributed by atoms with Gasteiger partial charge in [0, 0.05) is 24.2 Å². The van der Waals surface area contributed by atoms with Gasteiger partial charge >= 0.3 is 12.1 Å². The van der Waals surface area contributed by atoms with Crippen LogP contribution in [0.4, 0.5) is 4.79 Å². The Morgan fingerprint density at radius 1 is 1.06 bits per heavy atom. The summed E-state index contributed by atoms with van der Waals surface area (Å²) in [7, 11) is 0. The van der Waals surface area contributed by atoms with E-state index in [-0.39, 0.29) is 25.4 Å². The lowest BCUT2D eigenvalue weighted by Gasteiger charge is -2.21. The maximum atomic E-state index is 12.9. The molecule has 2 atom stereocenters. The van der Waals surface area contributed by atoms with Crippen LogP contribution in [0.15, 0.2) is 73.7 Å². The van der Waals surface area contributed by atoms with Gasteiger partial charge in [0.05, 0.1) is 6.33 Å². The highest BCUT2D eigenvalue weighted by Gasteiger charge is 2.30. The third-order valence-electron chi connectivity index (χ3n) is 5.95. The Morgan fingerprint density at radius 3 is 2.29 bits per heavy atom. The highest BCUT2D eigenvalue weighted by atomic mass is 16.5. The molecule has 0 saturated carbocycles. The number of nitrogens with zero attached hydrogens (tertiary/aromatic N) is 1. The highest BCUT2D eigenvalue weighted by Crippen LogP contribution is 2.44. The minimum absolute atomic E-state index is 0.0444. The number of fused-ring (bicyclic) bond motifs is 3. The summed E-state index contributed by atoms with van der Waals surface area (Å²) in [4.78, 5) is 43.9. The van der Waals surface area contributed by atoms with Gasteiger partial charge < -0.3 is 25.5 Å². The summed E-state index contributed by atoms with van der Waals surface area (Å²) in [5.41, 5.74) is 4.95. The lowest BCUT2D eigenvalue weighted by atomic mass is 9.98. The molecule has 0 radical (unpaired) electrons. The van der Waals surface area contributed by atoms with Crippen LogP contribution in [0.1, 0.15) is 29.2 Å². The summed E-state index contributed by atoms with van der Waals surface area (Å²) in [6.45, 7) is 3.61. The maximum absolute atomic E-state index is 12.9. The number of benzene rings is 2. The van der Waals surface area contributed by atoms with E-state index in [4.69, 9.17) is 4.74 Å². The average Bonchev–Trinajstić information content (AvgIpc) is 3.48. The first-order chi connectivity index (χ1) is 17.0. The second-order valence-electron chi connectivity index (χ2n) is 8.23. The molecule has 9 nitrogen and oxygen atoms in total. The Labute approximate surface area is 202 Å². The molecule has 2 unspecified atom stereocenters. The summed E-state index contributed by atoms with van der Waals surface area (Å²) >= 11 is 0. The van der Waals surface area contributed by atoms with Crippen LogP contribution in [-0.2, 0) is 20.7 Å². The normalized spacial score (nSPS) is 13.7. The summed E-state index contributed by atoms with van der Waals surface area (Å²) in [6.07, 6.45) is 3.73. The Kier molecular flexibility index (Phi) is 7.25. The molecule has 180 valence electrons. The zero-order valence-corrected chi connectivity index (χ0v) is 18.9. The van der Waals surface area contributed by atoms with Gasteiger partial charge in [-0.3, -0.25) is 4.79 Å². The van der Waals surface area contributed by atoms with Crippen molar-refractivity contribution in [3.8, 4) is 11.1 Å². The van der Waals surface area contributed by atoms with Crippen LogP contribution in [0.2, 0.25) is 0 Å². The molecule has 2 aromatic carbocycles. The molecule has 1 aromatic heterocycles. The number of hydrogen-bond acceptors (Lipinski definition) is 5. The number of carbonyl (C=O) groups is 3. The van der Waals surface area contributed by atoms with E-state index < -0.39 is 30.1 Å². The van der Waals surface area contributed by atoms with E-state index in [1.165, 1.54) is 18.6 Å². The Balaban J connectivity index is 1.45. The molecule has 0 aliphatic heterocycles. The zero-order valence-electron chi connectivity index (χ0n) is 18.9. The monoisotopic (exact) mass is 474 g/mol. The largest absolute Gasteiger partial charge is 0.480 e. The lowest BCUT2D eigenvalue weighted by molar-refractivity contribution is -0.142. The van der Waals surface area contributed by atoms with E-state index in [0.29, 0.717) is 5.69 Å². The summed E-state index contributed by atoms with van der Waals surface area (Å²) in [6, 6.07) is 13.7. The van der Waals surface area contributed by atoms with Gasteiger partial charge in [-0.05, 0) is 28.7 Å². The quantitative estimate of drug-likeness (QED) is 0.334. The number of carbonyl (C=O) groups excluding carboxylic acids is 2. The van der Waals surface area contributed by atoms with Crippen LogP contribution >= 0.6 is 0 Å². The topological polar surface area (TPSA) is 133 Å². The van der Waals surface area contributed by atoms with E-state index >= 15 is 0 Å². The molecule has 4 N–H and O–H groups in total. The molecule has 1 aliphatic carbocycles. The molecule has 0 saturated heterocycles. The molecule has 0 spiro atoms. The summed E-state index contributed by atoms with van der Waals surface area (Å²) in [5.74, 6) is -1.97. The molecule has 0 bridgehead atoms. The number of carboxylic acid groups (broad SMARTS) is 1. The Morgan fingerprint density at radius 2 is 1.71 bits per heavy atom. The van der Waals surface area contributed by atoms with Gasteiger partial charge in [-0.2, -0.15) is 0 Å². The van der Waals surface area contributed by atoms with Gasteiger partial charge in [-0.1, -0.05) is 54.6 Å². The fourth-order valence-electron chi connectivity index (χ4n) is 4.27. The number of aromatic nitrogens is 2. The third-order valence-corrected chi connectivity index (χ3v) is 5.95. The number of rotatable bonds is 10. The number of H-pyrrole nitrogens is 1. The van der Waals surface area contributed by atoms with Crippen LogP contribution in [0.25, 0.3) is 11.1 Å². The Bertz CT molecular complexity index is 1180. The lowest BCUT2D eigenvalue weighted by Crippen LogP contribution is -2.52. The number of ether oxygens (including phenoxy) is 1. The van der Waals surface area contributed by atoms with Gasteiger partial charge in [0.2, 0.25) is 5.91 Å². The van der Waals surface area contributed by atoms with E-state index in [0.717, 1.165) is 22.3 Å². The van der Waals surface area contributed by atoms with Crippen LogP contribution in [0.3, 0.4) is 0 Å². The van der Waals surface area contributed by atoms with Gasteiger partial charge in [0.1, 0.15) is 18.7 Å². The molecule has 3 aromatic rings. The van der Waals surface area contributed by atoms with Gasteiger partial charge in [-0.25, -0.2) is 14.6 Å². The van der Waals surface area contributed by atoms with Gasteiger partial charge in [-0.15, -0.1) is 6.58 Å². The second kappa shape index (κ2) is 10.7. The van der Waals surface area contributed by atoms with E-state index in [1.54, 1.807) is 0 Å². The van der Waals surface area contributed by atoms with Crippen LogP contribution in [0.5, 0.6) is 0 Å². The van der Waals surface area contributed by atoms with E-state index in [2.05, 4.69) is 27.2 Å². The molecule has 35 heavy (non-hydrogen) atoms. The van der Waals surface area contributed by atoms with Crippen LogP contribution in [0, 0.1) is 0 Å². The molecule has 2 amide bonds. The van der Waals surface area contributed by atoms with Crippen molar-refractivity contribution >= 4 is 18.0 Å². The van der Waals surface area contributed by atoms with Crippen molar-refractivity contribution in [1.82, 2.24) is 20.6 Å². The maximum Gasteiger partial charge on any atom is 0.407 e. The van der Waals surface area contributed by atoms with Crippen LogP contribution in [-0.4, -0.2) is 51.7 Å². The number of nitrogens with one attached hydrogen (secondary N) is 3. The zero-order chi connectivity index (χ0) is 24.8. The smallest absolute Gasteiger partial charge is 0.407 e. The number of carboxylic acids is 1. The van der Waals surface area contributed by atoms with E-state index in [9.17, 15) is 19.5 Å². The first kappa shape index (κ1) is 23.7. The fourth-order valence-corrected chi connectivity index (χ4v) is 4.27. The number of aromatic amines is 1. The summed E-state index contributed by atoms with van der Waals surface area (Å²) in [5, 5.41) is 14.4. The van der Waals surface area contributed by atoms with Crippen molar-refractivity contribution in [3.05, 3.63) is 90.5 Å². The first-order valence-electron chi connectivity index (χ1n) is 11.2. The number of hydrogen-bond donors (Lipinski definition) is 4. The van der Waals surface area contributed by atoms with Crippen molar-refractivity contribution in [3.63, 3.8) is 0 Å². The standard InChI is InChI=1S/C26H26N4O5/c1-2-7-22(25(32)33)29-24(31)23(12-16-13-27-15-28-16)30-26(34)35-14-21-19-10-5-3-8-17(19)18-9-4-6-11-20(18)21/h2-6,8-11,13,15,21-23H,1,7,12,14H2,(H,27,28)(H,29,31)(H,30,34)(H,32,33). The molecule has 9 heteroatoms. The SMILES string of the molecule is C=CCC(NC(=O)C(Cc1cnc[nH]1)NC(=O)OCC1c2ccccc2-c2ccccc21)C(=O)O. The van der Waals surface area contributed by atoms with Crippen molar-refractivity contribution in [2.75, 3.05) is 6.61 Å². The third kappa shape index (κ3) is 5.40. The second-order valence-corrected chi connectivity index (χ2v) is 8.23.